The molecule has 0 aliphatic rings. The molecular formula is C11H16FN3. The van der Waals surface area contributed by atoms with E-state index in [9.17, 15) is 4.39 Å². The number of amidine groups is 1. The third kappa shape index (κ3) is 3.58. The highest BCUT2D eigenvalue weighted by molar-refractivity contribution is 5.76. The lowest BCUT2D eigenvalue weighted by Gasteiger charge is -2.22. The Hall–Kier alpha value is -1.58. The number of rotatable bonds is 4. The first kappa shape index (κ1) is 11.5. The molecule has 0 radical (unpaired) electrons. The van der Waals surface area contributed by atoms with Gasteiger partial charge in [-0.25, -0.2) is 4.39 Å². The molecule has 0 unspecified atom stereocenters. The Labute approximate surface area is 89.4 Å². The maximum atomic E-state index is 12.6. The molecule has 2 N–H and O–H groups in total. The van der Waals surface area contributed by atoms with Gasteiger partial charge in [-0.2, -0.15) is 0 Å². The molecule has 0 saturated heterocycles. The molecule has 0 aliphatic heterocycles. The third-order valence-electron chi connectivity index (χ3n) is 2.17. The molecule has 1 aromatic rings. The molecule has 0 atom stereocenters. The van der Waals surface area contributed by atoms with E-state index >= 15 is 0 Å². The summed E-state index contributed by atoms with van der Waals surface area (Å²) in [6, 6.07) is 6.19. The Morgan fingerprint density at radius 2 is 2.00 bits per heavy atom. The minimum atomic E-state index is -0.240. The molecule has 0 saturated carbocycles. The van der Waals surface area contributed by atoms with Gasteiger partial charge in [-0.1, -0.05) is 0 Å². The molecular weight excluding hydrogens is 193 g/mol. The van der Waals surface area contributed by atoms with Crippen molar-refractivity contribution in [2.45, 2.75) is 13.8 Å². The van der Waals surface area contributed by atoms with Crippen LogP contribution >= 0.6 is 0 Å². The molecule has 0 amide bonds. The number of hydrogen-bond acceptors (Lipinski definition) is 2. The lowest BCUT2D eigenvalue weighted by atomic mass is 10.3. The first-order valence-electron chi connectivity index (χ1n) is 4.93. The first-order chi connectivity index (χ1) is 7.13. The summed E-state index contributed by atoms with van der Waals surface area (Å²) in [6.45, 7) is 5.08. The van der Waals surface area contributed by atoms with E-state index in [0.29, 0.717) is 12.5 Å². The summed E-state index contributed by atoms with van der Waals surface area (Å²) >= 11 is 0. The van der Waals surface area contributed by atoms with E-state index in [2.05, 4.69) is 5.32 Å². The summed E-state index contributed by atoms with van der Waals surface area (Å²) in [4.78, 5) is 1.88. The van der Waals surface area contributed by atoms with Gasteiger partial charge in [-0.15, -0.1) is 0 Å². The Morgan fingerprint density at radius 3 is 2.47 bits per heavy atom. The van der Waals surface area contributed by atoms with Gasteiger partial charge in [-0.05, 0) is 38.1 Å². The quantitative estimate of drug-likeness (QED) is 0.454. The van der Waals surface area contributed by atoms with E-state index in [-0.39, 0.29) is 5.82 Å². The van der Waals surface area contributed by atoms with Crippen molar-refractivity contribution in [2.75, 3.05) is 18.5 Å². The summed E-state index contributed by atoms with van der Waals surface area (Å²) in [5.74, 6) is 0.281. The Morgan fingerprint density at radius 1 is 1.40 bits per heavy atom. The van der Waals surface area contributed by atoms with E-state index < -0.39 is 0 Å². The molecule has 0 aromatic heterocycles. The predicted molar refractivity (Wildman–Crippen MR) is 60.7 cm³/mol. The van der Waals surface area contributed by atoms with E-state index in [4.69, 9.17) is 5.41 Å². The zero-order valence-electron chi connectivity index (χ0n) is 9.05. The van der Waals surface area contributed by atoms with Crippen LogP contribution in [0.5, 0.6) is 0 Å². The fourth-order valence-corrected chi connectivity index (χ4v) is 1.22. The van der Waals surface area contributed by atoms with Crippen LogP contribution < -0.4 is 5.32 Å². The summed E-state index contributed by atoms with van der Waals surface area (Å²) in [5.41, 5.74) is 0.858. The number of benzene rings is 1. The molecule has 0 heterocycles. The van der Waals surface area contributed by atoms with Crippen molar-refractivity contribution < 1.29 is 4.39 Å². The average molecular weight is 209 g/mol. The molecule has 4 heteroatoms. The molecule has 1 rings (SSSR count). The molecule has 0 spiro atoms. The van der Waals surface area contributed by atoms with Gasteiger partial charge in [0, 0.05) is 12.2 Å². The lowest BCUT2D eigenvalue weighted by Crippen LogP contribution is -2.32. The van der Waals surface area contributed by atoms with Gasteiger partial charge in [0.1, 0.15) is 5.82 Å². The fraction of sp³-hybridized carbons (Fsp3) is 0.364. The lowest BCUT2D eigenvalue weighted by molar-refractivity contribution is 0.466. The van der Waals surface area contributed by atoms with Crippen LogP contribution in [0.15, 0.2) is 24.3 Å². The maximum Gasteiger partial charge on any atom is 0.123 e. The number of nitrogens with one attached hydrogen (secondary N) is 2. The van der Waals surface area contributed by atoms with E-state index in [1.54, 1.807) is 19.1 Å². The summed E-state index contributed by atoms with van der Waals surface area (Å²) in [7, 11) is 0. The van der Waals surface area contributed by atoms with Crippen molar-refractivity contribution in [1.29, 1.82) is 5.41 Å². The summed E-state index contributed by atoms with van der Waals surface area (Å²) in [6.07, 6.45) is 0. The van der Waals surface area contributed by atoms with Crippen LogP contribution in [0, 0.1) is 11.2 Å². The SMILES string of the molecule is CCN(CNc1ccc(F)cc1)C(C)=N. The van der Waals surface area contributed by atoms with Gasteiger partial charge in [0.2, 0.25) is 0 Å². The second-order valence-electron chi connectivity index (χ2n) is 3.28. The van der Waals surface area contributed by atoms with Gasteiger partial charge in [0.15, 0.2) is 0 Å². The Kier molecular flexibility index (Phi) is 4.09. The smallest absolute Gasteiger partial charge is 0.123 e. The van der Waals surface area contributed by atoms with Crippen molar-refractivity contribution in [3.8, 4) is 0 Å². The van der Waals surface area contributed by atoms with Crippen molar-refractivity contribution in [2.24, 2.45) is 0 Å². The van der Waals surface area contributed by atoms with Crippen molar-refractivity contribution in [3.63, 3.8) is 0 Å². The highest BCUT2D eigenvalue weighted by Crippen LogP contribution is 2.08. The van der Waals surface area contributed by atoms with Crippen LogP contribution in [0.4, 0.5) is 10.1 Å². The van der Waals surface area contributed by atoms with Crippen LogP contribution in [0.3, 0.4) is 0 Å². The fourth-order valence-electron chi connectivity index (χ4n) is 1.22. The molecule has 0 aliphatic carbocycles. The van der Waals surface area contributed by atoms with Crippen LogP contribution in [-0.2, 0) is 0 Å². The molecule has 3 nitrogen and oxygen atoms in total. The van der Waals surface area contributed by atoms with Gasteiger partial charge in [0.05, 0.1) is 12.5 Å². The molecule has 15 heavy (non-hydrogen) atoms. The van der Waals surface area contributed by atoms with Crippen LogP contribution in [-0.4, -0.2) is 23.9 Å². The normalized spacial score (nSPS) is 9.80. The molecule has 82 valence electrons. The van der Waals surface area contributed by atoms with Gasteiger partial charge in [0.25, 0.3) is 0 Å². The third-order valence-corrected chi connectivity index (χ3v) is 2.17. The van der Waals surface area contributed by atoms with Gasteiger partial charge in [-0.3, -0.25) is 5.41 Å². The highest BCUT2D eigenvalue weighted by Gasteiger charge is 2.01. The predicted octanol–water partition coefficient (Wildman–Crippen LogP) is 2.51. The standard InChI is InChI=1S/C11H16FN3/c1-3-15(9(2)13)8-14-11-6-4-10(12)5-7-11/h4-7,13-14H,3,8H2,1-2H3. The Bertz CT molecular complexity index is 321. The molecule has 0 fully saturated rings. The molecule has 1 aromatic carbocycles. The van der Waals surface area contributed by atoms with Crippen LogP contribution in [0.25, 0.3) is 0 Å². The van der Waals surface area contributed by atoms with E-state index in [0.717, 1.165) is 12.2 Å². The topological polar surface area (TPSA) is 39.1 Å². The number of hydrogen-bond donors (Lipinski definition) is 2. The number of nitrogens with zero attached hydrogens (tertiary/aromatic N) is 1. The Balaban J connectivity index is 2.49. The van der Waals surface area contributed by atoms with Gasteiger partial charge < -0.3 is 10.2 Å². The summed E-state index contributed by atoms with van der Waals surface area (Å²) < 4.78 is 12.6. The van der Waals surface area contributed by atoms with Crippen LogP contribution in [0.1, 0.15) is 13.8 Å². The monoisotopic (exact) mass is 209 g/mol. The average Bonchev–Trinajstić information content (AvgIpc) is 2.21. The van der Waals surface area contributed by atoms with Gasteiger partial charge >= 0.3 is 0 Å². The highest BCUT2D eigenvalue weighted by atomic mass is 19.1. The number of anilines is 1. The van der Waals surface area contributed by atoms with E-state index in [1.807, 2.05) is 11.8 Å². The van der Waals surface area contributed by atoms with E-state index in [1.165, 1.54) is 12.1 Å². The zero-order valence-corrected chi connectivity index (χ0v) is 9.05. The summed E-state index contributed by atoms with van der Waals surface area (Å²) in [5, 5.41) is 10.6. The molecule has 0 bridgehead atoms. The minimum Gasteiger partial charge on any atom is -0.368 e. The van der Waals surface area contributed by atoms with Crippen molar-refractivity contribution >= 4 is 11.5 Å². The number of halogens is 1. The van der Waals surface area contributed by atoms with Crippen molar-refractivity contribution in [1.82, 2.24) is 4.90 Å². The first-order valence-corrected chi connectivity index (χ1v) is 4.93. The minimum absolute atomic E-state index is 0.240. The zero-order chi connectivity index (χ0) is 11.3. The van der Waals surface area contributed by atoms with Crippen LogP contribution in [0.2, 0.25) is 0 Å². The van der Waals surface area contributed by atoms with Crippen molar-refractivity contribution in [3.05, 3.63) is 30.1 Å². The largest absolute Gasteiger partial charge is 0.368 e. The second kappa shape index (κ2) is 5.34. The maximum absolute atomic E-state index is 12.6. The second-order valence-corrected chi connectivity index (χ2v) is 3.28.